The number of para-hydroxylation sites is 1. The van der Waals surface area contributed by atoms with Crippen LogP contribution in [-0.4, -0.2) is 35.4 Å². The van der Waals surface area contributed by atoms with Gasteiger partial charge in [0.15, 0.2) is 5.82 Å². The molecule has 3 heterocycles. The maximum Gasteiger partial charge on any atom is 0.203 e. The van der Waals surface area contributed by atoms with Gasteiger partial charge in [-0.3, -0.25) is 0 Å². The Balaban J connectivity index is 2.13. The van der Waals surface area contributed by atoms with E-state index in [1.807, 2.05) is 19.1 Å². The minimum absolute atomic E-state index is 0.292. The lowest BCUT2D eigenvalue weighted by molar-refractivity contribution is 0.819. The molecule has 0 spiro atoms. The number of pyridine rings is 1. The molecule has 0 atom stereocenters. The standard InChI is InChI=1S/C12H9ClN8/c1-5-8-12(18-19-17-8)15-11(14)9(5)21-10-6(13)3-2-4-7(10)16-20-21/h2-4H,1H3,(H3,14,15,17,18,19). The smallest absolute Gasteiger partial charge is 0.203 e. The first-order valence-electron chi connectivity index (χ1n) is 6.13. The van der Waals surface area contributed by atoms with Crippen molar-refractivity contribution in [2.45, 2.75) is 6.92 Å². The first-order valence-corrected chi connectivity index (χ1v) is 6.51. The summed E-state index contributed by atoms with van der Waals surface area (Å²) >= 11 is 6.26. The summed E-state index contributed by atoms with van der Waals surface area (Å²) in [5.74, 6) is 0.292. The first-order chi connectivity index (χ1) is 10.2. The van der Waals surface area contributed by atoms with Crippen LogP contribution < -0.4 is 5.73 Å². The second-order valence-electron chi connectivity index (χ2n) is 4.58. The Hall–Kier alpha value is -2.74. The lowest BCUT2D eigenvalue weighted by atomic mass is 10.2. The number of benzene rings is 1. The van der Waals surface area contributed by atoms with E-state index in [9.17, 15) is 0 Å². The normalized spacial score (nSPS) is 11.5. The lowest BCUT2D eigenvalue weighted by Crippen LogP contribution is -2.07. The van der Waals surface area contributed by atoms with Crippen molar-refractivity contribution in [3.63, 3.8) is 0 Å². The zero-order valence-corrected chi connectivity index (χ0v) is 11.6. The highest BCUT2D eigenvalue weighted by molar-refractivity contribution is 6.35. The number of hydrogen-bond donors (Lipinski definition) is 2. The number of H-pyrrole nitrogens is 1. The van der Waals surface area contributed by atoms with Crippen LogP contribution in [0.15, 0.2) is 18.2 Å². The Morgan fingerprint density at radius 2 is 2.14 bits per heavy atom. The highest BCUT2D eigenvalue weighted by Crippen LogP contribution is 2.30. The van der Waals surface area contributed by atoms with Gasteiger partial charge in [0.25, 0.3) is 0 Å². The highest BCUT2D eigenvalue weighted by Gasteiger charge is 2.19. The monoisotopic (exact) mass is 300 g/mol. The molecule has 0 amide bonds. The summed E-state index contributed by atoms with van der Waals surface area (Å²) in [5.41, 5.74) is 9.92. The number of nitrogens with zero attached hydrogens (tertiary/aromatic N) is 6. The molecule has 3 N–H and O–H groups in total. The van der Waals surface area contributed by atoms with Crippen LogP contribution in [-0.2, 0) is 0 Å². The van der Waals surface area contributed by atoms with Gasteiger partial charge in [0, 0.05) is 5.56 Å². The molecule has 8 nitrogen and oxygen atoms in total. The van der Waals surface area contributed by atoms with Gasteiger partial charge in [-0.05, 0) is 19.1 Å². The van der Waals surface area contributed by atoms with Crippen molar-refractivity contribution < 1.29 is 0 Å². The second kappa shape index (κ2) is 4.13. The summed E-state index contributed by atoms with van der Waals surface area (Å²) in [6, 6.07) is 5.43. The molecule has 9 heteroatoms. The minimum Gasteiger partial charge on any atom is -0.382 e. The third-order valence-electron chi connectivity index (χ3n) is 3.34. The van der Waals surface area contributed by atoms with E-state index in [1.165, 1.54) is 0 Å². The minimum atomic E-state index is 0.292. The van der Waals surface area contributed by atoms with Crippen LogP contribution in [0.4, 0.5) is 5.82 Å². The quantitative estimate of drug-likeness (QED) is 0.552. The van der Waals surface area contributed by atoms with Crippen molar-refractivity contribution in [2.75, 3.05) is 5.73 Å². The number of nitrogens with one attached hydrogen (secondary N) is 1. The van der Waals surface area contributed by atoms with Crippen molar-refractivity contribution >= 4 is 39.6 Å². The van der Waals surface area contributed by atoms with Crippen LogP contribution in [0.2, 0.25) is 5.02 Å². The fourth-order valence-corrected chi connectivity index (χ4v) is 2.63. The van der Waals surface area contributed by atoms with Gasteiger partial charge in [-0.15, -0.1) is 10.2 Å². The number of anilines is 1. The van der Waals surface area contributed by atoms with Crippen LogP contribution >= 0.6 is 11.6 Å². The molecular weight excluding hydrogens is 292 g/mol. The third kappa shape index (κ3) is 1.59. The summed E-state index contributed by atoms with van der Waals surface area (Å²) in [5, 5.41) is 19.4. The number of aromatic nitrogens is 7. The van der Waals surface area contributed by atoms with Gasteiger partial charge in [0.1, 0.15) is 22.2 Å². The fraction of sp³-hybridized carbons (Fsp3) is 0.0833. The zero-order chi connectivity index (χ0) is 14.6. The number of hydrogen-bond acceptors (Lipinski definition) is 6. The van der Waals surface area contributed by atoms with Crippen molar-refractivity contribution in [2.24, 2.45) is 0 Å². The van der Waals surface area contributed by atoms with Gasteiger partial charge in [-0.2, -0.15) is 10.3 Å². The van der Waals surface area contributed by atoms with E-state index in [4.69, 9.17) is 17.3 Å². The summed E-state index contributed by atoms with van der Waals surface area (Å²) in [7, 11) is 0. The topological polar surface area (TPSA) is 111 Å². The van der Waals surface area contributed by atoms with E-state index in [0.29, 0.717) is 38.7 Å². The highest BCUT2D eigenvalue weighted by atomic mass is 35.5. The Morgan fingerprint density at radius 3 is 3.00 bits per heavy atom. The van der Waals surface area contributed by atoms with Gasteiger partial charge in [0.05, 0.1) is 5.02 Å². The largest absolute Gasteiger partial charge is 0.382 e. The van der Waals surface area contributed by atoms with Crippen molar-refractivity contribution in [1.82, 2.24) is 35.4 Å². The van der Waals surface area contributed by atoms with Crippen molar-refractivity contribution in [3.8, 4) is 5.69 Å². The van der Waals surface area contributed by atoms with Gasteiger partial charge >= 0.3 is 0 Å². The molecule has 0 bridgehead atoms. The first kappa shape index (κ1) is 12.0. The Labute approximate surface area is 122 Å². The van der Waals surface area contributed by atoms with Gasteiger partial charge in [-0.25, -0.2) is 9.67 Å². The molecule has 0 saturated carbocycles. The van der Waals surface area contributed by atoms with E-state index >= 15 is 0 Å². The number of rotatable bonds is 1. The molecule has 104 valence electrons. The molecule has 21 heavy (non-hydrogen) atoms. The van der Waals surface area contributed by atoms with Gasteiger partial charge < -0.3 is 5.73 Å². The second-order valence-corrected chi connectivity index (χ2v) is 4.98. The van der Waals surface area contributed by atoms with Crippen LogP contribution in [0.3, 0.4) is 0 Å². The summed E-state index contributed by atoms with van der Waals surface area (Å²) in [6.07, 6.45) is 0. The Bertz CT molecular complexity index is 986. The maximum atomic E-state index is 6.26. The molecule has 4 rings (SSSR count). The lowest BCUT2D eigenvalue weighted by Gasteiger charge is -2.09. The van der Waals surface area contributed by atoms with E-state index in [1.54, 1.807) is 10.7 Å². The third-order valence-corrected chi connectivity index (χ3v) is 3.64. The SMILES string of the molecule is Cc1c(-n2nnc3cccc(Cl)c32)c(N)nc2n[nH]nc12. The number of aryl methyl sites for hydroxylation is 1. The maximum absolute atomic E-state index is 6.26. The predicted octanol–water partition coefficient (Wildman–Crippen LogP) is 1.63. The van der Waals surface area contributed by atoms with Crippen LogP contribution in [0.5, 0.6) is 0 Å². The molecule has 0 aliphatic carbocycles. The number of aromatic amines is 1. The zero-order valence-electron chi connectivity index (χ0n) is 10.9. The molecule has 0 fully saturated rings. The van der Waals surface area contributed by atoms with Crippen LogP contribution in [0.25, 0.3) is 27.9 Å². The van der Waals surface area contributed by atoms with E-state index in [2.05, 4.69) is 30.7 Å². The fourth-order valence-electron chi connectivity index (χ4n) is 2.38. The van der Waals surface area contributed by atoms with E-state index < -0.39 is 0 Å². The summed E-state index contributed by atoms with van der Waals surface area (Å²) in [6.45, 7) is 1.88. The molecule has 0 aliphatic rings. The van der Waals surface area contributed by atoms with Gasteiger partial charge in [-0.1, -0.05) is 22.9 Å². The molecule has 0 saturated heterocycles. The molecule has 4 aromatic rings. The van der Waals surface area contributed by atoms with Gasteiger partial charge in [0.2, 0.25) is 5.65 Å². The average molecular weight is 301 g/mol. The Kier molecular flexibility index (Phi) is 2.36. The van der Waals surface area contributed by atoms with E-state index in [0.717, 1.165) is 5.56 Å². The number of fused-ring (bicyclic) bond motifs is 2. The molecular formula is C12H9ClN8. The van der Waals surface area contributed by atoms with Crippen LogP contribution in [0.1, 0.15) is 5.56 Å². The Morgan fingerprint density at radius 1 is 1.29 bits per heavy atom. The van der Waals surface area contributed by atoms with E-state index in [-0.39, 0.29) is 0 Å². The van der Waals surface area contributed by atoms with Crippen LogP contribution in [0, 0.1) is 6.92 Å². The van der Waals surface area contributed by atoms with Crippen molar-refractivity contribution in [1.29, 1.82) is 0 Å². The molecule has 0 unspecified atom stereocenters. The average Bonchev–Trinajstić information content (AvgIpc) is 3.06. The number of halogens is 1. The molecule has 0 radical (unpaired) electrons. The number of nitrogens with two attached hydrogens (primary N) is 1. The van der Waals surface area contributed by atoms with Crippen molar-refractivity contribution in [3.05, 3.63) is 28.8 Å². The summed E-state index contributed by atoms with van der Waals surface area (Å²) < 4.78 is 1.59. The molecule has 3 aromatic heterocycles. The summed E-state index contributed by atoms with van der Waals surface area (Å²) in [4.78, 5) is 4.23. The number of nitrogen functional groups attached to an aromatic ring is 1. The molecule has 0 aliphatic heterocycles. The molecule has 1 aromatic carbocycles. The predicted molar refractivity (Wildman–Crippen MR) is 78.3 cm³/mol.